The van der Waals surface area contributed by atoms with E-state index >= 15 is 0 Å². The third-order valence-corrected chi connectivity index (χ3v) is 5.09. The van der Waals surface area contributed by atoms with E-state index in [2.05, 4.69) is 20.2 Å². The fourth-order valence-electron chi connectivity index (χ4n) is 3.00. The van der Waals surface area contributed by atoms with Crippen molar-refractivity contribution in [3.05, 3.63) is 49.8 Å². The molecule has 26 heavy (non-hydrogen) atoms. The van der Waals surface area contributed by atoms with Crippen molar-refractivity contribution < 1.29 is 9.53 Å². The van der Waals surface area contributed by atoms with Gasteiger partial charge in [-0.2, -0.15) is 0 Å². The molecule has 140 valence electrons. The number of carbonyl (C=O) groups is 1. The Labute approximate surface area is 156 Å². The maximum atomic E-state index is 12.2. The van der Waals surface area contributed by atoms with Crippen molar-refractivity contribution in [3.63, 3.8) is 0 Å². The lowest BCUT2D eigenvalue weighted by molar-refractivity contribution is 0.0856. The third-order valence-electron chi connectivity index (χ3n) is 4.27. The molecule has 0 radical (unpaired) electrons. The summed E-state index contributed by atoms with van der Waals surface area (Å²) in [7, 11) is 1.97. The van der Waals surface area contributed by atoms with Crippen LogP contribution in [0.1, 0.15) is 39.6 Å². The molecule has 1 saturated heterocycles. The van der Waals surface area contributed by atoms with Crippen LogP contribution in [0.15, 0.2) is 22.3 Å². The topological polar surface area (TPSA) is 87.3 Å². The highest BCUT2D eigenvalue weighted by molar-refractivity contribution is 7.09. The first kappa shape index (κ1) is 18.8. The summed E-state index contributed by atoms with van der Waals surface area (Å²) >= 11 is 1.62. The third kappa shape index (κ3) is 5.00. The van der Waals surface area contributed by atoms with Gasteiger partial charge in [-0.05, 0) is 38.9 Å². The lowest BCUT2D eigenvalue weighted by Gasteiger charge is -2.15. The lowest BCUT2D eigenvalue weighted by atomic mass is 10.2. The van der Waals surface area contributed by atoms with Crippen molar-refractivity contribution in [2.24, 2.45) is 0 Å². The highest BCUT2D eigenvalue weighted by Crippen LogP contribution is 2.12. The first-order chi connectivity index (χ1) is 12.5. The first-order valence-electron chi connectivity index (χ1n) is 8.73. The van der Waals surface area contributed by atoms with Crippen LogP contribution in [0.4, 0.5) is 0 Å². The van der Waals surface area contributed by atoms with Crippen LogP contribution in [0.3, 0.4) is 0 Å². The molecule has 3 heterocycles. The molecule has 1 fully saturated rings. The number of rotatable bonds is 7. The number of carbonyl (C=O) groups excluding carboxylic acids is 1. The van der Waals surface area contributed by atoms with Gasteiger partial charge in [0.15, 0.2) is 0 Å². The minimum atomic E-state index is -0.370. The van der Waals surface area contributed by atoms with Crippen molar-refractivity contribution in [3.8, 4) is 0 Å². The molecule has 1 unspecified atom stereocenters. The first-order valence-corrected chi connectivity index (χ1v) is 9.61. The number of thiazole rings is 1. The Morgan fingerprint density at radius 2 is 2.31 bits per heavy atom. The summed E-state index contributed by atoms with van der Waals surface area (Å²) in [6.45, 7) is 4.44. The molecule has 1 atom stereocenters. The highest BCUT2D eigenvalue weighted by Gasteiger charge is 2.18. The summed E-state index contributed by atoms with van der Waals surface area (Å²) < 4.78 is 5.47. The van der Waals surface area contributed by atoms with Gasteiger partial charge in [-0.3, -0.25) is 14.5 Å². The number of hydrogen-bond acceptors (Lipinski definition) is 6. The van der Waals surface area contributed by atoms with Gasteiger partial charge in [-0.15, -0.1) is 11.3 Å². The van der Waals surface area contributed by atoms with Crippen LogP contribution in [0.2, 0.25) is 0 Å². The molecule has 7 nitrogen and oxygen atoms in total. The van der Waals surface area contributed by atoms with E-state index in [0.717, 1.165) is 35.8 Å². The SMILES string of the molecule is Cc1nc(CN(C)Cc2ccc(C(=O)NCC3CCCO3)c(=O)[nH]2)cs1. The Balaban J connectivity index is 1.56. The number of aromatic nitrogens is 2. The molecule has 0 spiro atoms. The van der Waals surface area contributed by atoms with Gasteiger partial charge in [0, 0.05) is 37.3 Å². The Hall–Kier alpha value is -2.03. The number of aryl methyl sites for hydroxylation is 1. The predicted molar refractivity (Wildman–Crippen MR) is 100 cm³/mol. The molecule has 2 N–H and O–H groups in total. The van der Waals surface area contributed by atoms with Gasteiger partial charge in [0.05, 0.1) is 16.8 Å². The second-order valence-corrected chi connectivity index (χ2v) is 7.66. The zero-order chi connectivity index (χ0) is 18.5. The van der Waals surface area contributed by atoms with E-state index in [1.165, 1.54) is 0 Å². The lowest BCUT2D eigenvalue weighted by Crippen LogP contribution is -2.35. The van der Waals surface area contributed by atoms with Gasteiger partial charge in [0.25, 0.3) is 11.5 Å². The van der Waals surface area contributed by atoms with E-state index in [-0.39, 0.29) is 23.1 Å². The molecule has 8 heteroatoms. The number of aromatic amines is 1. The molecule has 0 aliphatic carbocycles. The molecule has 0 saturated carbocycles. The van der Waals surface area contributed by atoms with E-state index < -0.39 is 0 Å². The van der Waals surface area contributed by atoms with E-state index in [0.29, 0.717) is 19.6 Å². The minimum absolute atomic E-state index is 0.0558. The molecule has 1 aliphatic heterocycles. The average molecular weight is 376 g/mol. The number of nitrogens with one attached hydrogen (secondary N) is 2. The quantitative estimate of drug-likeness (QED) is 0.768. The van der Waals surface area contributed by atoms with Gasteiger partial charge in [0.1, 0.15) is 5.56 Å². The van der Waals surface area contributed by atoms with E-state index in [1.54, 1.807) is 23.5 Å². The molecular weight excluding hydrogens is 352 g/mol. The van der Waals surface area contributed by atoms with Crippen molar-refractivity contribution >= 4 is 17.2 Å². The standard InChI is InChI=1S/C18H24N4O3S/c1-12-20-14(11-26-12)10-22(2)9-13-5-6-16(18(24)21-13)17(23)19-8-15-4-3-7-25-15/h5-6,11,15H,3-4,7-10H2,1-2H3,(H,19,23)(H,21,24). The molecule has 0 aromatic carbocycles. The monoisotopic (exact) mass is 376 g/mol. The van der Waals surface area contributed by atoms with Gasteiger partial charge in [0.2, 0.25) is 0 Å². The highest BCUT2D eigenvalue weighted by atomic mass is 32.1. The summed E-state index contributed by atoms with van der Waals surface area (Å²) in [4.78, 5) is 33.7. The Bertz CT molecular complexity index is 811. The van der Waals surface area contributed by atoms with Gasteiger partial charge in [-0.1, -0.05) is 0 Å². The second-order valence-electron chi connectivity index (χ2n) is 6.60. The number of ether oxygens (including phenoxy) is 1. The van der Waals surface area contributed by atoms with Crippen LogP contribution in [0, 0.1) is 6.92 Å². The maximum absolute atomic E-state index is 12.2. The predicted octanol–water partition coefficient (Wildman–Crippen LogP) is 1.68. The molecule has 1 aliphatic rings. The van der Waals surface area contributed by atoms with E-state index in [4.69, 9.17) is 4.74 Å². The largest absolute Gasteiger partial charge is 0.376 e. The van der Waals surface area contributed by atoms with Gasteiger partial charge >= 0.3 is 0 Å². The van der Waals surface area contributed by atoms with Gasteiger partial charge < -0.3 is 15.0 Å². The summed E-state index contributed by atoms with van der Waals surface area (Å²) in [6, 6.07) is 3.37. The van der Waals surface area contributed by atoms with Crippen LogP contribution >= 0.6 is 11.3 Å². The van der Waals surface area contributed by atoms with Crippen LogP contribution in [0.25, 0.3) is 0 Å². The number of H-pyrrole nitrogens is 1. The van der Waals surface area contributed by atoms with Crippen molar-refractivity contribution in [2.45, 2.75) is 39.0 Å². The smallest absolute Gasteiger partial charge is 0.261 e. The fraction of sp³-hybridized carbons (Fsp3) is 0.500. The van der Waals surface area contributed by atoms with Crippen LogP contribution in [-0.4, -0.2) is 47.1 Å². The van der Waals surface area contributed by atoms with E-state index in [1.807, 2.05) is 19.4 Å². The average Bonchev–Trinajstić information content (AvgIpc) is 3.24. The van der Waals surface area contributed by atoms with Crippen LogP contribution in [0.5, 0.6) is 0 Å². The minimum Gasteiger partial charge on any atom is -0.376 e. The molecule has 2 aromatic heterocycles. The molecular formula is C18H24N4O3S. The van der Waals surface area contributed by atoms with Gasteiger partial charge in [-0.25, -0.2) is 4.98 Å². The fourth-order valence-corrected chi connectivity index (χ4v) is 3.60. The molecule has 1 amide bonds. The molecule has 0 bridgehead atoms. The second kappa shape index (κ2) is 8.57. The Morgan fingerprint density at radius 3 is 2.96 bits per heavy atom. The van der Waals surface area contributed by atoms with Crippen molar-refractivity contribution in [1.82, 2.24) is 20.2 Å². The zero-order valence-electron chi connectivity index (χ0n) is 15.1. The number of amides is 1. The molecule has 2 aromatic rings. The summed E-state index contributed by atoms with van der Waals surface area (Å²) in [5.41, 5.74) is 1.54. The normalized spacial score (nSPS) is 17.0. The van der Waals surface area contributed by atoms with Crippen LogP contribution < -0.4 is 10.9 Å². The number of hydrogen-bond donors (Lipinski definition) is 2. The number of nitrogens with zero attached hydrogens (tertiary/aromatic N) is 2. The zero-order valence-corrected chi connectivity index (χ0v) is 15.9. The summed E-state index contributed by atoms with van der Waals surface area (Å²) in [5, 5.41) is 5.86. The maximum Gasteiger partial charge on any atom is 0.261 e. The number of pyridine rings is 1. The summed E-state index contributed by atoms with van der Waals surface area (Å²) in [6.07, 6.45) is 2.02. The molecule has 3 rings (SSSR count). The van der Waals surface area contributed by atoms with Crippen molar-refractivity contribution in [1.29, 1.82) is 0 Å². The van der Waals surface area contributed by atoms with Crippen molar-refractivity contribution in [2.75, 3.05) is 20.2 Å². The summed E-state index contributed by atoms with van der Waals surface area (Å²) in [5.74, 6) is -0.361. The Kier molecular flexibility index (Phi) is 6.18. The van der Waals surface area contributed by atoms with Crippen LogP contribution in [-0.2, 0) is 17.8 Å². The Morgan fingerprint density at radius 1 is 1.46 bits per heavy atom. The van der Waals surface area contributed by atoms with E-state index in [9.17, 15) is 9.59 Å².